The van der Waals surface area contributed by atoms with Gasteiger partial charge < -0.3 is 15.5 Å². The van der Waals surface area contributed by atoms with E-state index in [-0.39, 0.29) is 30.1 Å². The molecule has 0 aromatic carbocycles. The number of halogens is 1. The predicted molar refractivity (Wildman–Crippen MR) is 97.2 cm³/mol. The molecule has 2 unspecified atom stereocenters. The van der Waals surface area contributed by atoms with Gasteiger partial charge in [-0.2, -0.15) is 0 Å². The van der Waals surface area contributed by atoms with Crippen molar-refractivity contribution in [2.45, 2.75) is 88.9 Å². The van der Waals surface area contributed by atoms with E-state index in [0.717, 1.165) is 38.5 Å². The summed E-state index contributed by atoms with van der Waals surface area (Å²) in [5, 5.41) is 6.57. The van der Waals surface area contributed by atoms with Crippen molar-refractivity contribution in [1.29, 1.82) is 0 Å². The summed E-state index contributed by atoms with van der Waals surface area (Å²) < 4.78 is 0. The minimum atomic E-state index is -0.415. The minimum Gasteiger partial charge on any atom is -0.344 e. The van der Waals surface area contributed by atoms with Crippen molar-refractivity contribution in [3.63, 3.8) is 0 Å². The highest BCUT2D eigenvalue weighted by Gasteiger charge is 2.37. The van der Waals surface area contributed by atoms with Crippen LogP contribution in [-0.4, -0.2) is 47.9 Å². The molecule has 0 spiro atoms. The molecule has 2 N–H and O–H groups in total. The number of piperidine rings is 1. The van der Waals surface area contributed by atoms with Gasteiger partial charge in [-0.15, -0.1) is 12.4 Å². The van der Waals surface area contributed by atoms with E-state index in [1.54, 1.807) is 0 Å². The number of nitrogens with one attached hydrogen (secondary N) is 2. The maximum absolute atomic E-state index is 12.7. The molecule has 2 heterocycles. The first-order valence-electron chi connectivity index (χ1n) is 9.37. The highest BCUT2D eigenvalue weighted by molar-refractivity contribution is 5.88. The van der Waals surface area contributed by atoms with Gasteiger partial charge in [0.05, 0.1) is 0 Å². The van der Waals surface area contributed by atoms with Gasteiger partial charge in [-0.25, -0.2) is 0 Å². The number of hydrogen-bond donors (Lipinski definition) is 2. The Balaban J connectivity index is 0.00000208. The van der Waals surface area contributed by atoms with Crippen LogP contribution in [0.15, 0.2) is 0 Å². The molecule has 3 aliphatic rings. The molecule has 0 radical (unpaired) electrons. The summed E-state index contributed by atoms with van der Waals surface area (Å²) in [6.45, 7) is 1.83. The molecule has 2 bridgehead atoms. The van der Waals surface area contributed by atoms with Crippen LogP contribution in [0.3, 0.4) is 0 Å². The average Bonchev–Trinajstić information content (AvgIpc) is 2.92. The van der Waals surface area contributed by atoms with Crippen LogP contribution >= 0.6 is 12.4 Å². The Hall–Kier alpha value is -0.810. The largest absolute Gasteiger partial charge is 0.344 e. The van der Waals surface area contributed by atoms with E-state index in [1.807, 2.05) is 18.9 Å². The molecule has 3 rings (SSSR count). The summed E-state index contributed by atoms with van der Waals surface area (Å²) >= 11 is 0. The molecule has 3 fully saturated rings. The van der Waals surface area contributed by atoms with Crippen LogP contribution in [-0.2, 0) is 9.59 Å². The number of rotatable bonds is 4. The normalized spacial score (nSPS) is 31.0. The summed E-state index contributed by atoms with van der Waals surface area (Å²) in [6.07, 6.45) is 10.0. The SMILES string of the molecule is C[C@H](NC(=O)C1CCCCC1)C(=O)N(C)C1CC2CCC(C1)N2.Cl. The van der Waals surface area contributed by atoms with Crippen LogP contribution in [0.1, 0.15) is 64.7 Å². The van der Waals surface area contributed by atoms with Crippen molar-refractivity contribution in [3.05, 3.63) is 0 Å². The van der Waals surface area contributed by atoms with E-state index < -0.39 is 6.04 Å². The summed E-state index contributed by atoms with van der Waals surface area (Å²) in [5.74, 6) is 0.240. The lowest BCUT2D eigenvalue weighted by molar-refractivity contribution is -0.138. The van der Waals surface area contributed by atoms with Crippen molar-refractivity contribution in [3.8, 4) is 0 Å². The number of hydrogen-bond acceptors (Lipinski definition) is 3. The van der Waals surface area contributed by atoms with Crippen LogP contribution in [0, 0.1) is 5.92 Å². The Morgan fingerprint density at radius 2 is 1.62 bits per heavy atom. The lowest BCUT2D eigenvalue weighted by Gasteiger charge is -2.37. The molecule has 138 valence electrons. The standard InChI is InChI=1S/C18H31N3O2.ClH/c1-12(19-17(22)13-6-4-3-5-7-13)18(23)21(2)16-10-14-8-9-15(11-16)20-14;/h12-16,20H,3-11H2,1-2H3,(H,19,22);1H/t12-,14?,15?,16?;/m0./s1. The molecular weight excluding hydrogens is 326 g/mol. The first-order valence-corrected chi connectivity index (χ1v) is 9.37. The van der Waals surface area contributed by atoms with Gasteiger partial charge >= 0.3 is 0 Å². The van der Waals surface area contributed by atoms with Gasteiger partial charge in [-0.3, -0.25) is 9.59 Å². The fourth-order valence-electron chi connectivity index (χ4n) is 4.59. The Morgan fingerprint density at radius 1 is 1.04 bits per heavy atom. The summed E-state index contributed by atoms with van der Waals surface area (Å²) in [7, 11) is 1.90. The molecule has 2 saturated heterocycles. The van der Waals surface area contributed by atoms with Gasteiger partial charge in [0.1, 0.15) is 6.04 Å². The third-order valence-electron chi connectivity index (χ3n) is 6.05. The fourth-order valence-corrected chi connectivity index (χ4v) is 4.59. The smallest absolute Gasteiger partial charge is 0.244 e. The predicted octanol–water partition coefficient (Wildman–Crippen LogP) is 2.23. The highest BCUT2D eigenvalue weighted by atomic mass is 35.5. The number of amides is 2. The third-order valence-corrected chi connectivity index (χ3v) is 6.05. The van der Waals surface area contributed by atoms with Crippen LogP contribution in [0.25, 0.3) is 0 Å². The number of nitrogens with zero attached hydrogens (tertiary/aromatic N) is 1. The van der Waals surface area contributed by atoms with Crippen molar-refractivity contribution in [2.75, 3.05) is 7.05 Å². The second kappa shape index (κ2) is 8.52. The van der Waals surface area contributed by atoms with Crippen molar-refractivity contribution in [2.24, 2.45) is 5.92 Å². The van der Waals surface area contributed by atoms with E-state index in [9.17, 15) is 9.59 Å². The van der Waals surface area contributed by atoms with Gasteiger partial charge in [-0.1, -0.05) is 19.3 Å². The number of carbonyl (C=O) groups is 2. The van der Waals surface area contributed by atoms with Crippen molar-refractivity contribution >= 4 is 24.2 Å². The zero-order chi connectivity index (χ0) is 16.4. The van der Waals surface area contributed by atoms with E-state index in [1.165, 1.54) is 19.3 Å². The molecule has 6 heteroatoms. The maximum Gasteiger partial charge on any atom is 0.244 e. The topological polar surface area (TPSA) is 61.4 Å². The van der Waals surface area contributed by atoms with Crippen molar-refractivity contribution < 1.29 is 9.59 Å². The Bertz CT molecular complexity index is 442. The molecule has 2 aliphatic heterocycles. The average molecular weight is 358 g/mol. The quantitative estimate of drug-likeness (QED) is 0.811. The van der Waals surface area contributed by atoms with Gasteiger partial charge in [0.2, 0.25) is 11.8 Å². The van der Waals surface area contributed by atoms with Gasteiger partial charge in [-0.05, 0) is 45.4 Å². The molecule has 0 aromatic rings. The molecule has 1 aliphatic carbocycles. The monoisotopic (exact) mass is 357 g/mol. The van der Waals surface area contributed by atoms with Crippen molar-refractivity contribution in [1.82, 2.24) is 15.5 Å². The maximum atomic E-state index is 12.7. The third kappa shape index (κ3) is 4.42. The van der Waals surface area contributed by atoms with Gasteiger partial charge in [0.15, 0.2) is 0 Å². The highest BCUT2D eigenvalue weighted by Crippen LogP contribution is 2.29. The number of likely N-dealkylation sites (N-methyl/N-ethyl adjacent to an activating group) is 1. The van der Waals surface area contributed by atoms with Crippen LogP contribution < -0.4 is 10.6 Å². The lowest BCUT2D eigenvalue weighted by Crippen LogP contribution is -2.54. The molecule has 3 atom stereocenters. The Kier molecular flexibility index (Phi) is 6.93. The van der Waals surface area contributed by atoms with Crippen LogP contribution in [0.5, 0.6) is 0 Å². The molecule has 5 nitrogen and oxygen atoms in total. The molecule has 2 amide bonds. The zero-order valence-electron chi connectivity index (χ0n) is 14.9. The Morgan fingerprint density at radius 3 is 2.21 bits per heavy atom. The number of fused-ring (bicyclic) bond motifs is 2. The van der Waals surface area contributed by atoms with E-state index in [4.69, 9.17) is 0 Å². The summed E-state index contributed by atoms with van der Waals surface area (Å²) in [4.78, 5) is 26.9. The Labute approximate surface area is 151 Å². The van der Waals surface area contributed by atoms with E-state index in [0.29, 0.717) is 18.1 Å². The lowest BCUT2D eigenvalue weighted by atomic mass is 9.88. The molecular formula is C18H32ClN3O2. The van der Waals surface area contributed by atoms with Gasteiger partial charge in [0, 0.05) is 31.1 Å². The molecule has 0 aromatic heterocycles. The van der Waals surface area contributed by atoms with E-state index in [2.05, 4.69) is 10.6 Å². The summed E-state index contributed by atoms with van der Waals surface area (Å²) in [6, 6.07) is 1.04. The zero-order valence-corrected chi connectivity index (χ0v) is 15.7. The first-order chi connectivity index (χ1) is 11.0. The first kappa shape index (κ1) is 19.5. The van der Waals surface area contributed by atoms with Crippen LogP contribution in [0.2, 0.25) is 0 Å². The van der Waals surface area contributed by atoms with Crippen LogP contribution in [0.4, 0.5) is 0 Å². The second-order valence-electron chi connectivity index (χ2n) is 7.78. The number of carbonyl (C=O) groups excluding carboxylic acids is 2. The minimum absolute atomic E-state index is 0. The molecule has 24 heavy (non-hydrogen) atoms. The van der Waals surface area contributed by atoms with E-state index >= 15 is 0 Å². The second-order valence-corrected chi connectivity index (χ2v) is 7.78. The van der Waals surface area contributed by atoms with Gasteiger partial charge in [0.25, 0.3) is 0 Å². The summed E-state index contributed by atoms with van der Waals surface area (Å²) in [5.41, 5.74) is 0. The molecule has 1 saturated carbocycles. The fraction of sp³-hybridized carbons (Fsp3) is 0.889.